The molecule has 0 aromatic carbocycles. The monoisotopic (exact) mass is 307 g/mol. The molecule has 1 fully saturated rings. The Morgan fingerprint density at radius 1 is 1.47 bits per heavy atom. The number of halogens is 2. The summed E-state index contributed by atoms with van der Waals surface area (Å²) in [5.74, 6) is 0. The van der Waals surface area contributed by atoms with Crippen LogP contribution in [0.4, 0.5) is 0 Å². The molecular formula is C11H15BrClNS. The normalized spacial score (nSPS) is 26.8. The highest BCUT2D eigenvalue weighted by Crippen LogP contribution is 2.24. The van der Waals surface area contributed by atoms with Crippen molar-refractivity contribution in [1.29, 1.82) is 0 Å². The fourth-order valence-corrected chi connectivity index (χ4v) is 3.77. The van der Waals surface area contributed by atoms with Crippen LogP contribution in [-0.4, -0.2) is 11.4 Å². The van der Waals surface area contributed by atoms with Gasteiger partial charge in [0.1, 0.15) is 0 Å². The largest absolute Gasteiger partial charge is 0.308 e. The molecule has 0 amide bonds. The van der Waals surface area contributed by atoms with Crippen molar-refractivity contribution < 1.29 is 0 Å². The van der Waals surface area contributed by atoms with Crippen molar-refractivity contribution in [2.24, 2.45) is 0 Å². The minimum absolute atomic E-state index is 0.321. The molecular weight excluding hydrogens is 294 g/mol. The van der Waals surface area contributed by atoms with Crippen LogP contribution < -0.4 is 5.32 Å². The van der Waals surface area contributed by atoms with Crippen molar-refractivity contribution in [3.05, 3.63) is 20.8 Å². The molecule has 1 aromatic heterocycles. The topological polar surface area (TPSA) is 12.0 Å². The van der Waals surface area contributed by atoms with E-state index in [9.17, 15) is 0 Å². The van der Waals surface area contributed by atoms with E-state index in [0.717, 1.165) is 13.0 Å². The van der Waals surface area contributed by atoms with Crippen LogP contribution in [0.3, 0.4) is 0 Å². The van der Waals surface area contributed by atoms with Gasteiger partial charge in [0, 0.05) is 32.7 Å². The fourth-order valence-electron chi connectivity index (χ4n) is 1.99. The highest BCUT2D eigenvalue weighted by Gasteiger charge is 2.22. The van der Waals surface area contributed by atoms with Gasteiger partial charge >= 0.3 is 0 Å². The predicted octanol–water partition coefficient (Wildman–Crippen LogP) is 4.15. The molecule has 2 unspecified atom stereocenters. The van der Waals surface area contributed by atoms with Crippen molar-refractivity contribution in [2.45, 2.75) is 43.6 Å². The maximum Gasteiger partial charge on any atom is 0.0489 e. The molecule has 2 rings (SSSR count). The fraction of sp³-hybridized carbons (Fsp3) is 0.636. The van der Waals surface area contributed by atoms with E-state index in [0.29, 0.717) is 11.4 Å². The summed E-state index contributed by atoms with van der Waals surface area (Å²) >= 11 is 11.5. The van der Waals surface area contributed by atoms with E-state index in [4.69, 9.17) is 11.6 Å². The molecule has 0 radical (unpaired) electrons. The van der Waals surface area contributed by atoms with Crippen LogP contribution in [0.15, 0.2) is 15.9 Å². The van der Waals surface area contributed by atoms with Crippen LogP contribution >= 0.6 is 38.9 Å². The molecule has 15 heavy (non-hydrogen) atoms. The standard InChI is InChI=1S/C11H15BrClNS/c12-8-5-9(15-7-8)6-14-11-4-2-1-3-10(11)13/h5,7,10-11,14H,1-4,6H2. The first-order chi connectivity index (χ1) is 7.25. The number of alkyl halides is 1. The summed E-state index contributed by atoms with van der Waals surface area (Å²) in [6.45, 7) is 0.949. The summed E-state index contributed by atoms with van der Waals surface area (Å²) in [7, 11) is 0. The minimum atomic E-state index is 0.321. The number of rotatable bonds is 3. The molecule has 0 bridgehead atoms. The lowest BCUT2D eigenvalue weighted by Crippen LogP contribution is -2.38. The van der Waals surface area contributed by atoms with Crippen molar-refractivity contribution in [1.82, 2.24) is 5.32 Å². The van der Waals surface area contributed by atoms with Crippen molar-refractivity contribution >= 4 is 38.9 Å². The summed E-state index contributed by atoms with van der Waals surface area (Å²) in [6, 6.07) is 2.67. The van der Waals surface area contributed by atoms with E-state index >= 15 is 0 Å². The van der Waals surface area contributed by atoms with E-state index in [-0.39, 0.29) is 0 Å². The quantitative estimate of drug-likeness (QED) is 0.827. The third-order valence-corrected chi connectivity index (χ3v) is 5.06. The van der Waals surface area contributed by atoms with Gasteiger partial charge in [-0.2, -0.15) is 0 Å². The Hall–Kier alpha value is 0.430. The molecule has 0 saturated heterocycles. The first kappa shape index (κ1) is 11.9. The van der Waals surface area contributed by atoms with E-state index in [1.807, 2.05) is 0 Å². The molecule has 1 heterocycles. The van der Waals surface area contributed by atoms with E-state index in [1.54, 1.807) is 11.3 Å². The molecule has 4 heteroatoms. The van der Waals surface area contributed by atoms with Crippen LogP contribution in [0.5, 0.6) is 0 Å². The highest BCUT2D eigenvalue weighted by molar-refractivity contribution is 9.10. The Labute approximate surface area is 108 Å². The summed E-state index contributed by atoms with van der Waals surface area (Å²) in [5.41, 5.74) is 0. The summed E-state index contributed by atoms with van der Waals surface area (Å²) in [4.78, 5) is 1.37. The third-order valence-electron chi connectivity index (χ3n) is 2.84. The van der Waals surface area contributed by atoms with Crippen LogP contribution in [0, 0.1) is 0 Å². The zero-order valence-corrected chi connectivity index (χ0v) is 11.7. The molecule has 1 aromatic rings. The maximum atomic E-state index is 6.29. The molecule has 84 valence electrons. The van der Waals surface area contributed by atoms with Gasteiger partial charge in [0.15, 0.2) is 0 Å². The SMILES string of the molecule is ClC1CCCCC1NCc1cc(Br)cs1. The van der Waals surface area contributed by atoms with Gasteiger partial charge < -0.3 is 5.32 Å². The van der Waals surface area contributed by atoms with Gasteiger partial charge in [-0.15, -0.1) is 22.9 Å². The Balaban J connectivity index is 1.81. The Bertz CT molecular complexity index is 315. The van der Waals surface area contributed by atoms with Gasteiger partial charge in [0.2, 0.25) is 0 Å². The van der Waals surface area contributed by atoms with Gasteiger partial charge in [-0.1, -0.05) is 12.8 Å². The molecule has 2 atom stereocenters. The van der Waals surface area contributed by atoms with Crippen molar-refractivity contribution in [3.8, 4) is 0 Å². The van der Waals surface area contributed by atoms with Gasteiger partial charge in [-0.05, 0) is 34.8 Å². The second-order valence-corrected chi connectivity index (χ2v) is 6.49. The number of nitrogens with one attached hydrogen (secondary N) is 1. The van der Waals surface area contributed by atoms with Gasteiger partial charge in [0.05, 0.1) is 0 Å². The van der Waals surface area contributed by atoms with Crippen LogP contribution in [0.2, 0.25) is 0 Å². The second-order valence-electron chi connectivity index (χ2n) is 4.02. The Morgan fingerprint density at radius 3 is 2.93 bits per heavy atom. The van der Waals surface area contributed by atoms with E-state index < -0.39 is 0 Å². The molecule has 1 aliphatic rings. The highest BCUT2D eigenvalue weighted by atomic mass is 79.9. The molecule has 1 N–H and O–H groups in total. The lowest BCUT2D eigenvalue weighted by Gasteiger charge is -2.27. The molecule has 0 aliphatic heterocycles. The number of hydrogen-bond acceptors (Lipinski definition) is 2. The zero-order chi connectivity index (χ0) is 10.7. The first-order valence-electron chi connectivity index (χ1n) is 5.36. The molecule has 1 nitrogen and oxygen atoms in total. The van der Waals surface area contributed by atoms with Crippen molar-refractivity contribution in [3.63, 3.8) is 0 Å². The van der Waals surface area contributed by atoms with E-state index in [2.05, 4.69) is 32.7 Å². The van der Waals surface area contributed by atoms with Gasteiger partial charge in [0.25, 0.3) is 0 Å². The number of thiophene rings is 1. The molecule has 1 aliphatic carbocycles. The lowest BCUT2D eigenvalue weighted by molar-refractivity contribution is 0.379. The molecule has 0 spiro atoms. The predicted molar refractivity (Wildman–Crippen MR) is 70.8 cm³/mol. The summed E-state index contributed by atoms with van der Waals surface area (Å²) in [6.07, 6.45) is 4.99. The lowest BCUT2D eigenvalue weighted by atomic mass is 9.95. The summed E-state index contributed by atoms with van der Waals surface area (Å²) < 4.78 is 1.18. The van der Waals surface area contributed by atoms with E-state index in [1.165, 1.54) is 28.6 Å². The first-order valence-corrected chi connectivity index (χ1v) is 7.47. The minimum Gasteiger partial charge on any atom is -0.308 e. The maximum absolute atomic E-state index is 6.29. The smallest absolute Gasteiger partial charge is 0.0489 e. The van der Waals surface area contributed by atoms with Gasteiger partial charge in [-0.3, -0.25) is 0 Å². The summed E-state index contributed by atoms with van der Waals surface area (Å²) in [5, 5.41) is 6.00. The zero-order valence-electron chi connectivity index (χ0n) is 8.51. The van der Waals surface area contributed by atoms with Crippen molar-refractivity contribution in [2.75, 3.05) is 0 Å². The van der Waals surface area contributed by atoms with Gasteiger partial charge in [-0.25, -0.2) is 0 Å². The number of hydrogen-bond donors (Lipinski definition) is 1. The second kappa shape index (κ2) is 5.67. The molecule has 1 saturated carbocycles. The van der Waals surface area contributed by atoms with Crippen LogP contribution in [0.1, 0.15) is 30.6 Å². The Morgan fingerprint density at radius 2 is 2.27 bits per heavy atom. The average molecular weight is 309 g/mol. The van der Waals surface area contributed by atoms with Crippen LogP contribution in [0.25, 0.3) is 0 Å². The third kappa shape index (κ3) is 3.45. The Kier molecular flexibility index (Phi) is 4.50. The van der Waals surface area contributed by atoms with Crippen LogP contribution in [-0.2, 0) is 6.54 Å². The average Bonchev–Trinajstić information content (AvgIpc) is 2.63.